The Hall–Kier alpha value is -0.500. The lowest BCUT2D eigenvalue weighted by Gasteiger charge is -2.32. The van der Waals surface area contributed by atoms with Gasteiger partial charge in [0.05, 0.1) is 0 Å². The molecular weight excluding hydrogens is 188 g/mol. The summed E-state index contributed by atoms with van der Waals surface area (Å²) in [5.41, 5.74) is -0.294. The van der Waals surface area contributed by atoms with Gasteiger partial charge in [0.15, 0.2) is 0 Å². The van der Waals surface area contributed by atoms with Gasteiger partial charge in [0, 0.05) is 18.7 Å². The van der Waals surface area contributed by atoms with Crippen molar-refractivity contribution in [3.05, 3.63) is 12.2 Å². The van der Waals surface area contributed by atoms with Crippen molar-refractivity contribution in [3.63, 3.8) is 0 Å². The normalized spacial score (nSPS) is 29.2. The van der Waals surface area contributed by atoms with Crippen LogP contribution in [0.3, 0.4) is 0 Å². The van der Waals surface area contributed by atoms with E-state index in [0.29, 0.717) is 12.3 Å². The molecule has 0 radical (unpaired) electrons. The van der Waals surface area contributed by atoms with Gasteiger partial charge < -0.3 is 4.74 Å². The number of carbonyl (C=O) groups excluding carboxylic acids is 1. The Morgan fingerprint density at radius 3 is 3.00 bits per heavy atom. The number of allylic oxidation sites excluding steroid dienone is 1. The van der Waals surface area contributed by atoms with Crippen LogP contribution < -0.4 is 0 Å². The molecule has 3 heteroatoms. The van der Waals surface area contributed by atoms with Crippen LogP contribution in [0.2, 0.25) is 0 Å². The van der Waals surface area contributed by atoms with E-state index < -0.39 is 0 Å². The largest absolute Gasteiger partial charge is 0.459 e. The van der Waals surface area contributed by atoms with Crippen LogP contribution >= 0.6 is 11.6 Å². The highest BCUT2D eigenvalue weighted by molar-refractivity contribution is 6.18. The molecule has 1 heterocycles. The third kappa shape index (κ3) is 3.39. The predicted octanol–water partition coefficient (Wildman–Crippen LogP) is 2.66. The number of rotatable bonds is 3. The average Bonchev–Trinajstić information content (AvgIpc) is 2.04. The van der Waals surface area contributed by atoms with E-state index in [0.717, 1.165) is 19.3 Å². The molecule has 0 aromatic heterocycles. The number of hydrogen-bond acceptors (Lipinski definition) is 2. The van der Waals surface area contributed by atoms with Crippen LogP contribution in [0.15, 0.2) is 12.2 Å². The van der Waals surface area contributed by atoms with Crippen molar-refractivity contribution in [2.75, 3.05) is 5.88 Å². The summed E-state index contributed by atoms with van der Waals surface area (Å²) in [5, 5.41) is 0. The van der Waals surface area contributed by atoms with E-state index in [1.807, 2.05) is 19.1 Å². The minimum Gasteiger partial charge on any atom is -0.459 e. The second-order valence-corrected chi connectivity index (χ2v) is 3.92. The van der Waals surface area contributed by atoms with Crippen LogP contribution in [0.4, 0.5) is 0 Å². The number of cyclic esters (lactones) is 1. The Morgan fingerprint density at radius 2 is 2.38 bits per heavy atom. The second kappa shape index (κ2) is 4.66. The quantitative estimate of drug-likeness (QED) is 0.400. The van der Waals surface area contributed by atoms with Gasteiger partial charge >= 0.3 is 5.97 Å². The van der Waals surface area contributed by atoms with Gasteiger partial charge in [0.25, 0.3) is 0 Å². The minimum atomic E-state index is -0.294. The monoisotopic (exact) mass is 202 g/mol. The first-order valence-corrected chi connectivity index (χ1v) is 5.12. The summed E-state index contributed by atoms with van der Waals surface area (Å²) in [6.07, 6.45) is 7.08. The molecule has 0 amide bonds. The van der Waals surface area contributed by atoms with Gasteiger partial charge in [-0.3, -0.25) is 4.79 Å². The van der Waals surface area contributed by atoms with Crippen molar-refractivity contribution in [1.29, 1.82) is 0 Å². The Morgan fingerprint density at radius 1 is 1.62 bits per heavy atom. The van der Waals surface area contributed by atoms with E-state index in [1.54, 1.807) is 0 Å². The number of hydrogen-bond donors (Lipinski definition) is 0. The molecule has 1 saturated heterocycles. The van der Waals surface area contributed by atoms with Crippen LogP contribution in [0.1, 0.15) is 32.6 Å². The van der Waals surface area contributed by atoms with Crippen molar-refractivity contribution in [2.45, 2.75) is 38.2 Å². The van der Waals surface area contributed by atoms with Crippen LogP contribution in [0, 0.1) is 0 Å². The molecule has 1 rings (SSSR count). The summed E-state index contributed by atoms with van der Waals surface area (Å²) < 4.78 is 5.29. The molecule has 0 aliphatic carbocycles. The SMILES string of the molecule is CC1(C/C=C/CCl)CCCC(=O)O1. The van der Waals surface area contributed by atoms with E-state index in [4.69, 9.17) is 16.3 Å². The molecule has 0 spiro atoms. The van der Waals surface area contributed by atoms with E-state index in [9.17, 15) is 4.79 Å². The summed E-state index contributed by atoms with van der Waals surface area (Å²) in [7, 11) is 0. The number of halogens is 1. The fourth-order valence-corrected chi connectivity index (χ4v) is 1.65. The first-order chi connectivity index (χ1) is 6.16. The van der Waals surface area contributed by atoms with E-state index in [2.05, 4.69) is 0 Å². The van der Waals surface area contributed by atoms with Crippen molar-refractivity contribution in [1.82, 2.24) is 0 Å². The smallest absolute Gasteiger partial charge is 0.306 e. The summed E-state index contributed by atoms with van der Waals surface area (Å²) in [4.78, 5) is 11.0. The zero-order valence-electron chi connectivity index (χ0n) is 7.88. The minimum absolute atomic E-state index is 0.0759. The molecule has 0 aromatic rings. The fourth-order valence-electron chi connectivity index (χ4n) is 1.52. The zero-order valence-corrected chi connectivity index (χ0v) is 8.64. The number of alkyl halides is 1. The highest BCUT2D eigenvalue weighted by Gasteiger charge is 2.31. The van der Waals surface area contributed by atoms with E-state index in [-0.39, 0.29) is 11.6 Å². The topological polar surface area (TPSA) is 26.3 Å². The highest BCUT2D eigenvalue weighted by Crippen LogP contribution is 2.28. The van der Waals surface area contributed by atoms with Crippen molar-refractivity contribution in [2.24, 2.45) is 0 Å². The summed E-state index contributed by atoms with van der Waals surface area (Å²) in [6, 6.07) is 0. The maximum absolute atomic E-state index is 11.0. The maximum atomic E-state index is 11.0. The molecule has 1 aliphatic rings. The summed E-state index contributed by atoms with van der Waals surface area (Å²) >= 11 is 5.50. The standard InChI is InChI=1S/C10H15ClO2/c1-10(6-2-3-8-11)7-4-5-9(12)13-10/h2-3H,4-8H2,1H3/b3-2+. The van der Waals surface area contributed by atoms with E-state index >= 15 is 0 Å². The molecular formula is C10H15ClO2. The third-order valence-corrected chi connectivity index (χ3v) is 2.43. The van der Waals surface area contributed by atoms with Gasteiger partial charge in [-0.15, -0.1) is 11.6 Å². The first kappa shape index (κ1) is 10.6. The number of ether oxygens (including phenoxy) is 1. The van der Waals surface area contributed by atoms with Crippen LogP contribution in [0.25, 0.3) is 0 Å². The molecule has 0 N–H and O–H groups in total. The molecule has 0 saturated carbocycles. The predicted molar refractivity (Wildman–Crippen MR) is 52.8 cm³/mol. The first-order valence-electron chi connectivity index (χ1n) is 4.59. The fraction of sp³-hybridized carbons (Fsp3) is 0.700. The number of esters is 1. The molecule has 1 aliphatic heterocycles. The van der Waals surface area contributed by atoms with Crippen LogP contribution in [-0.4, -0.2) is 17.5 Å². The Balaban J connectivity index is 2.44. The van der Waals surface area contributed by atoms with Crippen molar-refractivity contribution >= 4 is 17.6 Å². The van der Waals surface area contributed by atoms with E-state index in [1.165, 1.54) is 0 Å². The van der Waals surface area contributed by atoms with Crippen molar-refractivity contribution < 1.29 is 9.53 Å². The molecule has 0 aromatic carbocycles. The molecule has 0 bridgehead atoms. The Kier molecular flexibility index (Phi) is 3.79. The average molecular weight is 203 g/mol. The lowest BCUT2D eigenvalue weighted by atomic mass is 9.92. The molecule has 1 unspecified atom stereocenters. The van der Waals surface area contributed by atoms with Gasteiger partial charge in [-0.25, -0.2) is 0 Å². The lowest BCUT2D eigenvalue weighted by Crippen LogP contribution is -2.35. The van der Waals surface area contributed by atoms with Gasteiger partial charge in [0.2, 0.25) is 0 Å². The third-order valence-electron chi connectivity index (χ3n) is 2.25. The summed E-state index contributed by atoms with van der Waals surface area (Å²) in [5.74, 6) is 0.442. The van der Waals surface area contributed by atoms with Crippen LogP contribution in [0.5, 0.6) is 0 Å². The number of carbonyl (C=O) groups is 1. The van der Waals surface area contributed by atoms with Gasteiger partial charge in [-0.1, -0.05) is 12.2 Å². The molecule has 1 fully saturated rings. The maximum Gasteiger partial charge on any atom is 0.306 e. The molecule has 1 atom stereocenters. The summed E-state index contributed by atoms with van der Waals surface area (Å²) in [6.45, 7) is 1.97. The molecule has 2 nitrogen and oxygen atoms in total. The van der Waals surface area contributed by atoms with Gasteiger partial charge in [0.1, 0.15) is 5.60 Å². The Bertz CT molecular complexity index is 213. The molecule has 74 valence electrons. The molecule has 13 heavy (non-hydrogen) atoms. The Labute approximate surface area is 83.9 Å². The lowest BCUT2D eigenvalue weighted by molar-refractivity contribution is -0.164. The van der Waals surface area contributed by atoms with Gasteiger partial charge in [-0.2, -0.15) is 0 Å². The van der Waals surface area contributed by atoms with Crippen LogP contribution in [-0.2, 0) is 9.53 Å². The van der Waals surface area contributed by atoms with Gasteiger partial charge in [-0.05, 0) is 19.8 Å². The zero-order chi connectivity index (χ0) is 9.73. The second-order valence-electron chi connectivity index (χ2n) is 3.61. The van der Waals surface area contributed by atoms with Crippen molar-refractivity contribution in [3.8, 4) is 0 Å². The highest BCUT2D eigenvalue weighted by atomic mass is 35.5.